The maximum Gasteiger partial charge on any atom is 0.226 e. The molecule has 0 aliphatic carbocycles. The normalized spacial score (nSPS) is 32.8. The van der Waals surface area contributed by atoms with Gasteiger partial charge < -0.3 is 9.64 Å². The number of rotatable bonds is 2. The molecule has 0 radical (unpaired) electrons. The van der Waals surface area contributed by atoms with Crippen LogP contribution in [0.4, 0.5) is 0 Å². The van der Waals surface area contributed by atoms with Crippen LogP contribution in [0.2, 0.25) is 0 Å². The van der Waals surface area contributed by atoms with Crippen molar-refractivity contribution >= 4 is 5.91 Å². The lowest BCUT2D eigenvalue weighted by Crippen LogP contribution is -2.44. The molecule has 3 atom stereocenters. The smallest absolute Gasteiger partial charge is 0.226 e. The molecule has 2 fully saturated rings. The lowest BCUT2D eigenvalue weighted by atomic mass is 9.86. The van der Waals surface area contributed by atoms with Crippen molar-refractivity contribution in [2.45, 2.75) is 58.5 Å². The van der Waals surface area contributed by atoms with E-state index in [-0.39, 0.29) is 5.92 Å². The van der Waals surface area contributed by atoms with Crippen LogP contribution < -0.4 is 0 Å². The van der Waals surface area contributed by atoms with Gasteiger partial charge in [0.2, 0.25) is 5.91 Å². The quantitative estimate of drug-likeness (QED) is 0.741. The second-order valence-corrected chi connectivity index (χ2v) is 5.76. The van der Waals surface area contributed by atoms with Gasteiger partial charge in [-0.05, 0) is 45.4 Å². The van der Waals surface area contributed by atoms with E-state index >= 15 is 0 Å². The minimum Gasteiger partial charge on any atom is -0.381 e. The number of hydrogen-bond donors (Lipinski definition) is 0. The third-order valence-corrected chi connectivity index (χ3v) is 4.57. The molecule has 3 heteroatoms. The highest BCUT2D eigenvalue weighted by Crippen LogP contribution is 2.30. The van der Waals surface area contributed by atoms with Crippen LogP contribution in [0.25, 0.3) is 0 Å². The van der Waals surface area contributed by atoms with Crippen LogP contribution in [0.15, 0.2) is 0 Å². The predicted molar refractivity (Wildman–Crippen MR) is 67.7 cm³/mol. The largest absolute Gasteiger partial charge is 0.381 e. The first kappa shape index (κ1) is 12.9. The highest BCUT2D eigenvalue weighted by atomic mass is 16.5. The Morgan fingerprint density at radius 3 is 2.18 bits per heavy atom. The Hall–Kier alpha value is -0.570. The fraction of sp³-hybridized carbons (Fsp3) is 0.929. The lowest BCUT2D eigenvalue weighted by Gasteiger charge is -2.34. The summed E-state index contributed by atoms with van der Waals surface area (Å²) in [6.45, 7) is 8.12. The SMILES string of the molecule is CC(C(=O)N1C(C)CCC1C)C1CCOCC1. The van der Waals surface area contributed by atoms with Crippen molar-refractivity contribution in [3.8, 4) is 0 Å². The van der Waals surface area contributed by atoms with Gasteiger partial charge in [0.05, 0.1) is 0 Å². The Labute approximate surface area is 105 Å². The molecule has 1 amide bonds. The molecule has 0 saturated carbocycles. The van der Waals surface area contributed by atoms with Gasteiger partial charge in [-0.3, -0.25) is 4.79 Å². The van der Waals surface area contributed by atoms with Crippen LogP contribution in [0.1, 0.15) is 46.5 Å². The fourth-order valence-corrected chi connectivity index (χ4v) is 3.28. The number of nitrogens with zero attached hydrogens (tertiary/aromatic N) is 1. The molecule has 2 rings (SSSR count). The Kier molecular flexibility index (Phi) is 4.08. The molecular weight excluding hydrogens is 214 g/mol. The average Bonchev–Trinajstić information content (AvgIpc) is 2.68. The molecule has 0 aromatic heterocycles. The first-order valence-corrected chi connectivity index (χ1v) is 7.01. The van der Waals surface area contributed by atoms with E-state index in [0.29, 0.717) is 23.9 Å². The van der Waals surface area contributed by atoms with Crippen LogP contribution in [-0.2, 0) is 9.53 Å². The van der Waals surface area contributed by atoms with Gasteiger partial charge in [-0.2, -0.15) is 0 Å². The van der Waals surface area contributed by atoms with E-state index in [4.69, 9.17) is 4.74 Å². The molecule has 0 spiro atoms. The maximum absolute atomic E-state index is 12.6. The van der Waals surface area contributed by atoms with Crippen LogP contribution in [-0.4, -0.2) is 36.1 Å². The number of amides is 1. The molecule has 0 N–H and O–H groups in total. The fourth-order valence-electron chi connectivity index (χ4n) is 3.28. The highest BCUT2D eigenvalue weighted by molar-refractivity contribution is 5.79. The van der Waals surface area contributed by atoms with Crippen molar-refractivity contribution < 1.29 is 9.53 Å². The summed E-state index contributed by atoms with van der Waals surface area (Å²) in [6, 6.07) is 0.861. The molecule has 2 heterocycles. The molecular formula is C14H25NO2. The second-order valence-electron chi connectivity index (χ2n) is 5.76. The monoisotopic (exact) mass is 239 g/mol. The summed E-state index contributed by atoms with van der Waals surface area (Å²) in [5.74, 6) is 1.06. The van der Waals surface area contributed by atoms with Crippen molar-refractivity contribution in [1.29, 1.82) is 0 Å². The summed E-state index contributed by atoms with van der Waals surface area (Å²) >= 11 is 0. The van der Waals surface area contributed by atoms with Crippen molar-refractivity contribution in [3.63, 3.8) is 0 Å². The van der Waals surface area contributed by atoms with Crippen molar-refractivity contribution in [2.24, 2.45) is 11.8 Å². The molecule has 3 unspecified atom stereocenters. The molecule has 17 heavy (non-hydrogen) atoms. The Morgan fingerprint density at radius 2 is 1.65 bits per heavy atom. The Morgan fingerprint density at radius 1 is 1.12 bits per heavy atom. The third-order valence-electron chi connectivity index (χ3n) is 4.57. The summed E-state index contributed by atoms with van der Waals surface area (Å²) in [5, 5.41) is 0. The Balaban J connectivity index is 1.98. The van der Waals surface area contributed by atoms with E-state index < -0.39 is 0 Å². The highest BCUT2D eigenvalue weighted by Gasteiger charge is 2.36. The molecule has 0 aromatic rings. The number of carbonyl (C=O) groups is 1. The standard InChI is InChI=1S/C14H25NO2/c1-10-4-5-11(2)15(10)14(16)12(3)13-6-8-17-9-7-13/h10-13H,4-9H2,1-3H3. The molecule has 2 aliphatic rings. The molecule has 0 aromatic carbocycles. The zero-order valence-electron chi connectivity index (χ0n) is 11.3. The van der Waals surface area contributed by atoms with Crippen LogP contribution in [0.5, 0.6) is 0 Å². The summed E-state index contributed by atoms with van der Waals surface area (Å²) in [6.07, 6.45) is 4.41. The molecule has 2 saturated heterocycles. The summed E-state index contributed by atoms with van der Waals surface area (Å²) in [7, 11) is 0. The Bertz CT molecular complexity index is 263. The topological polar surface area (TPSA) is 29.5 Å². The van der Waals surface area contributed by atoms with E-state index in [1.54, 1.807) is 0 Å². The van der Waals surface area contributed by atoms with Gasteiger partial charge in [0, 0.05) is 31.2 Å². The summed E-state index contributed by atoms with van der Waals surface area (Å²) in [5.41, 5.74) is 0. The van der Waals surface area contributed by atoms with Gasteiger partial charge in [-0.1, -0.05) is 6.92 Å². The molecule has 2 aliphatic heterocycles. The number of carbonyl (C=O) groups excluding carboxylic acids is 1. The lowest BCUT2D eigenvalue weighted by molar-refractivity contribution is -0.140. The van der Waals surface area contributed by atoms with Crippen molar-refractivity contribution in [1.82, 2.24) is 4.90 Å². The van der Waals surface area contributed by atoms with Crippen molar-refractivity contribution in [3.05, 3.63) is 0 Å². The number of hydrogen-bond acceptors (Lipinski definition) is 2. The predicted octanol–water partition coefficient (Wildman–Crippen LogP) is 2.45. The van der Waals surface area contributed by atoms with Crippen LogP contribution in [0, 0.1) is 11.8 Å². The van der Waals surface area contributed by atoms with E-state index in [1.807, 2.05) is 0 Å². The minimum absolute atomic E-state index is 0.168. The summed E-state index contributed by atoms with van der Waals surface area (Å²) in [4.78, 5) is 14.7. The number of likely N-dealkylation sites (tertiary alicyclic amines) is 1. The maximum atomic E-state index is 12.6. The average molecular weight is 239 g/mol. The first-order valence-electron chi connectivity index (χ1n) is 7.01. The van der Waals surface area contributed by atoms with E-state index in [0.717, 1.165) is 38.9 Å². The van der Waals surface area contributed by atoms with Gasteiger partial charge in [0.1, 0.15) is 0 Å². The zero-order chi connectivity index (χ0) is 12.4. The number of ether oxygens (including phenoxy) is 1. The van der Waals surface area contributed by atoms with Gasteiger partial charge >= 0.3 is 0 Å². The van der Waals surface area contributed by atoms with Gasteiger partial charge in [-0.25, -0.2) is 0 Å². The zero-order valence-corrected chi connectivity index (χ0v) is 11.3. The molecule has 0 bridgehead atoms. The van der Waals surface area contributed by atoms with Crippen LogP contribution in [0.3, 0.4) is 0 Å². The third kappa shape index (κ3) is 2.65. The van der Waals surface area contributed by atoms with Gasteiger partial charge in [0.25, 0.3) is 0 Å². The van der Waals surface area contributed by atoms with E-state index in [2.05, 4.69) is 25.7 Å². The van der Waals surface area contributed by atoms with Crippen LogP contribution >= 0.6 is 0 Å². The minimum atomic E-state index is 0.168. The van der Waals surface area contributed by atoms with E-state index in [1.165, 1.54) is 0 Å². The van der Waals surface area contributed by atoms with Gasteiger partial charge in [-0.15, -0.1) is 0 Å². The molecule has 3 nitrogen and oxygen atoms in total. The van der Waals surface area contributed by atoms with Gasteiger partial charge in [0.15, 0.2) is 0 Å². The van der Waals surface area contributed by atoms with Crippen molar-refractivity contribution in [2.75, 3.05) is 13.2 Å². The van der Waals surface area contributed by atoms with E-state index in [9.17, 15) is 4.79 Å². The second kappa shape index (κ2) is 5.38. The first-order chi connectivity index (χ1) is 8.11. The molecule has 98 valence electrons. The summed E-state index contributed by atoms with van der Waals surface area (Å²) < 4.78 is 5.37.